The number of amides is 4. The number of hydrogen-bond donors (Lipinski definition) is 2. The molecule has 0 heterocycles. The highest BCUT2D eigenvalue weighted by Gasteiger charge is 2.30. The Morgan fingerprint density at radius 2 is 1.70 bits per heavy atom. The van der Waals surface area contributed by atoms with Crippen LogP contribution in [0.3, 0.4) is 0 Å². The Bertz CT molecular complexity index is 974. The summed E-state index contributed by atoms with van der Waals surface area (Å²) in [7, 11) is -2.66. The highest BCUT2D eigenvalue weighted by molar-refractivity contribution is 7.89. The molecule has 2 aromatic rings. The van der Waals surface area contributed by atoms with Crippen molar-refractivity contribution in [3.05, 3.63) is 54.1 Å². The molecule has 2 rings (SSSR count). The van der Waals surface area contributed by atoms with Crippen LogP contribution in [0.25, 0.3) is 0 Å². The van der Waals surface area contributed by atoms with Crippen LogP contribution in [0.4, 0.5) is 15.3 Å². The number of carbonyl (C=O) groups excluding carboxylic acids is 2. The minimum Gasteiger partial charge on any atom is -0.495 e. The van der Waals surface area contributed by atoms with Crippen molar-refractivity contribution >= 4 is 27.8 Å². The minimum atomic E-state index is -4.11. The number of urea groups is 2. The maximum Gasteiger partial charge on any atom is 0.339 e. The summed E-state index contributed by atoms with van der Waals surface area (Å²) in [6.45, 7) is 3.78. The second-order valence-corrected chi connectivity index (χ2v) is 8.54. The Morgan fingerprint density at radius 1 is 1.03 bits per heavy atom. The molecule has 9 heteroatoms. The number of nitrogens with zero attached hydrogens (tertiary/aromatic N) is 1. The number of rotatable bonds is 8. The molecule has 0 aliphatic carbocycles. The van der Waals surface area contributed by atoms with Crippen LogP contribution in [0.2, 0.25) is 0 Å². The fraction of sp³-hybridized carbons (Fsp3) is 0.333. The van der Waals surface area contributed by atoms with Crippen LogP contribution >= 0.6 is 0 Å². The third-order valence-electron chi connectivity index (χ3n) is 4.38. The van der Waals surface area contributed by atoms with Crippen LogP contribution in [0.15, 0.2) is 53.4 Å². The number of methoxy groups -OCH3 is 1. The van der Waals surface area contributed by atoms with E-state index in [1.807, 2.05) is 13.8 Å². The second kappa shape index (κ2) is 10.6. The van der Waals surface area contributed by atoms with Gasteiger partial charge in [-0.2, -0.15) is 0 Å². The summed E-state index contributed by atoms with van der Waals surface area (Å²) in [6, 6.07) is 11.0. The standard InChI is InChI=1S/C21H27N3O5S/c1-4-5-8-15-24(30(27,28)17-13-11-16(2)12-14-17)21(26)23-20(25)22-18-9-6-7-10-19(18)29-3/h6-7,9-14H,4-5,8,15H2,1-3H3,(H2,22,23,25,26). The fourth-order valence-corrected chi connectivity index (χ4v) is 4.10. The summed E-state index contributed by atoms with van der Waals surface area (Å²) in [5.41, 5.74) is 1.25. The van der Waals surface area contributed by atoms with E-state index < -0.39 is 22.1 Å². The topological polar surface area (TPSA) is 105 Å². The van der Waals surface area contributed by atoms with Crippen molar-refractivity contribution in [3.63, 3.8) is 0 Å². The molecule has 0 saturated carbocycles. The molecule has 30 heavy (non-hydrogen) atoms. The van der Waals surface area contributed by atoms with Gasteiger partial charge >= 0.3 is 12.1 Å². The molecule has 0 bridgehead atoms. The molecule has 0 atom stereocenters. The van der Waals surface area contributed by atoms with E-state index in [9.17, 15) is 18.0 Å². The lowest BCUT2D eigenvalue weighted by Gasteiger charge is -2.22. The van der Waals surface area contributed by atoms with Gasteiger partial charge in [-0.25, -0.2) is 22.3 Å². The lowest BCUT2D eigenvalue weighted by Crippen LogP contribution is -2.47. The molecular formula is C21H27N3O5S. The summed E-state index contributed by atoms with van der Waals surface area (Å²) in [5.74, 6) is 0.409. The first-order valence-electron chi connectivity index (χ1n) is 9.64. The van der Waals surface area contributed by atoms with Gasteiger partial charge in [0, 0.05) is 6.54 Å². The summed E-state index contributed by atoms with van der Waals surface area (Å²) < 4.78 is 31.9. The molecule has 0 aliphatic heterocycles. The maximum atomic E-state index is 13.0. The maximum absolute atomic E-state index is 13.0. The van der Waals surface area contributed by atoms with E-state index in [2.05, 4.69) is 10.6 Å². The van der Waals surface area contributed by atoms with Crippen molar-refractivity contribution in [2.45, 2.75) is 38.0 Å². The van der Waals surface area contributed by atoms with Crippen molar-refractivity contribution in [1.82, 2.24) is 9.62 Å². The first kappa shape index (κ1) is 23.2. The largest absolute Gasteiger partial charge is 0.495 e. The molecule has 0 spiro atoms. The Labute approximate surface area is 177 Å². The Kier molecular flexibility index (Phi) is 8.23. The predicted octanol–water partition coefficient (Wildman–Crippen LogP) is 4.13. The molecule has 162 valence electrons. The van der Waals surface area contributed by atoms with Gasteiger partial charge in [-0.05, 0) is 37.6 Å². The summed E-state index contributed by atoms with van der Waals surface area (Å²) in [4.78, 5) is 25.0. The van der Waals surface area contributed by atoms with Crippen LogP contribution in [0.5, 0.6) is 5.75 Å². The zero-order valence-corrected chi connectivity index (χ0v) is 18.2. The van der Waals surface area contributed by atoms with E-state index >= 15 is 0 Å². The zero-order valence-electron chi connectivity index (χ0n) is 17.3. The van der Waals surface area contributed by atoms with Crippen molar-refractivity contribution in [1.29, 1.82) is 0 Å². The average Bonchev–Trinajstić information content (AvgIpc) is 2.71. The Hall–Kier alpha value is -3.07. The number of aryl methyl sites for hydroxylation is 1. The zero-order chi connectivity index (χ0) is 22.1. The quantitative estimate of drug-likeness (QED) is 0.609. The molecule has 0 aromatic heterocycles. The summed E-state index contributed by atoms with van der Waals surface area (Å²) in [5, 5.41) is 4.59. The van der Waals surface area contributed by atoms with Gasteiger partial charge in [-0.15, -0.1) is 0 Å². The molecule has 0 radical (unpaired) electrons. The lowest BCUT2D eigenvalue weighted by molar-refractivity contribution is 0.218. The number of imide groups is 1. The van der Waals surface area contributed by atoms with Crippen molar-refractivity contribution in [3.8, 4) is 5.75 Å². The van der Waals surface area contributed by atoms with E-state index in [1.54, 1.807) is 36.4 Å². The summed E-state index contributed by atoms with van der Waals surface area (Å²) in [6.07, 6.45) is 2.10. The second-order valence-electron chi connectivity index (χ2n) is 6.68. The number of hydrogen-bond acceptors (Lipinski definition) is 5. The molecule has 0 saturated heterocycles. The van der Waals surface area contributed by atoms with Gasteiger partial charge in [0.15, 0.2) is 0 Å². The van der Waals surface area contributed by atoms with Crippen molar-refractivity contribution in [2.75, 3.05) is 19.0 Å². The molecule has 0 aliphatic rings. The monoisotopic (exact) mass is 433 g/mol. The third-order valence-corrected chi connectivity index (χ3v) is 6.17. The van der Waals surface area contributed by atoms with Gasteiger partial charge in [-0.3, -0.25) is 5.32 Å². The minimum absolute atomic E-state index is 0.00937. The third kappa shape index (κ3) is 5.96. The molecule has 8 nitrogen and oxygen atoms in total. The van der Waals surface area contributed by atoms with Crippen LogP contribution in [0.1, 0.15) is 31.7 Å². The molecule has 2 N–H and O–H groups in total. The number of benzene rings is 2. The molecular weight excluding hydrogens is 406 g/mol. The van der Waals surface area contributed by atoms with Gasteiger partial charge in [0.25, 0.3) is 10.0 Å². The number of ether oxygens (including phenoxy) is 1. The van der Waals surface area contributed by atoms with E-state index in [0.717, 1.165) is 18.4 Å². The number of anilines is 1. The number of sulfonamides is 1. The summed E-state index contributed by atoms with van der Waals surface area (Å²) >= 11 is 0. The van der Waals surface area contributed by atoms with Crippen molar-refractivity contribution < 1.29 is 22.7 Å². The Morgan fingerprint density at radius 3 is 2.33 bits per heavy atom. The van der Waals surface area contributed by atoms with Gasteiger partial charge in [-0.1, -0.05) is 49.6 Å². The smallest absolute Gasteiger partial charge is 0.339 e. The number of carbonyl (C=O) groups is 2. The van der Waals surface area contributed by atoms with E-state index in [1.165, 1.54) is 19.2 Å². The predicted molar refractivity (Wildman–Crippen MR) is 115 cm³/mol. The SMILES string of the molecule is CCCCCN(C(=O)NC(=O)Nc1ccccc1OC)S(=O)(=O)c1ccc(C)cc1. The number of nitrogens with one attached hydrogen (secondary N) is 2. The van der Waals surface area contributed by atoms with Crippen molar-refractivity contribution in [2.24, 2.45) is 0 Å². The van der Waals surface area contributed by atoms with Gasteiger partial charge in [0.2, 0.25) is 0 Å². The highest BCUT2D eigenvalue weighted by atomic mass is 32.2. The van der Waals surface area contributed by atoms with Crippen LogP contribution in [-0.2, 0) is 10.0 Å². The fourth-order valence-electron chi connectivity index (χ4n) is 2.73. The molecule has 0 unspecified atom stereocenters. The highest BCUT2D eigenvalue weighted by Crippen LogP contribution is 2.23. The van der Waals surface area contributed by atoms with Gasteiger partial charge in [0.1, 0.15) is 5.75 Å². The number of para-hydroxylation sites is 2. The molecule has 0 fully saturated rings. The lowest BCUT2D eigenvalue weighted by atomic mass is 10.2. The van der Waals surface area contributed by atoms with E-state index in [0.29, 0.717) is 22.2 Å². The Balaban J connectivity index is 2.20. The molecule has 4 amide bonds. The average molecular weight is 434 g/mol. The number of unbranched alkanes of at least 4 members (excludes halogenated alkanes) is 2. The first-order chi connectivity index (χ1) is 14.3. The first-order valence-corrected chi connectivity index (χ1v) is 11.1. The van der Waals surface area contributed by atoms with E-state index in [4.69, 9.17) is 4.74 Å². The van der Waals surface area contributed by atoms with Crippen LogP contribution in [0, 0.1) is 6.92 Å². The van der Waals surface area contributed by atoms with E-state index in [-0.39, 0.29) is 11.4 Å². The van der Waals surface area contributed by atoms with Crippen LogP contribution < -0.4 is 15.4 Å². The molecule has 2 aromatic carbocycles. The normalized spacial score (nSPS) is 10.9. The van der Waals surface area contributed by atoms with Gasteiger partial charge < -0.3 is 10.1 Å². The van der Waals surface area contributed by atoms with Gasteiger partial charge in [0.05, 0.1) is 17.7 Å². The van der Waals surface area contributed by atoms with Crippen LogP contribution in [-0.4, -0.2) is 38.4 Å².